The summed E-state index contributed by atoms with van der Waals surface area (Å²) < 4.78 is 16.4. The molecule has 9 nitrogen and oxygen atoms in total. The number of ether oxygens (including phenoxy) is 3. The number of hydrogen-bond acceptors (Lipinski definition) is 6. The fourth-order valence-corrected chi connectivity index (χ4v) is 3.81. The molecule has 1 heterocycles. The van der Waals surface area contributed by atoms with Gasteiger partial charge in [0.05, 0.1) is 26.4 Å². The molecule has 0 saturated carbocycles. The quantitative estimate of drug-likeness (QED) is 0.518. The number of nitrogens with one attached hydrogen (secondary N) is 2. The summed E-state index contributed by atoms with van der Waals surface area (Å²) in [6, 6.07) is 11.3. The van der Waals surface area contributed by atoms with Crippen molar-refractivity contribution in [2.24, 2.45) is 0 Å². The number of hydrogen-bond donors (Lipinski definition) is 2. The molecule has 0 bridgehead atoms. The number of nitrogens with zero attached hydrogens (tertiary/aromatic N) is 1. The van der Waals surface area contributed by atoms with Gasteiger partial charge in [-0.15, -0.1) is 0 Å². The van der Waals surface area contributed by atoms with Crippen molar-refractivity contribution in [3.8, 4) is 17.2 Å². The van der Waals surface area contributed by atoms with E-state index in [9.17, 15) is 14.4 Å². The summed E-state index contributed by atoms with van der Waals surface area (Å²) in [6.07, 6.45) is 0. The van der Waals surface area contributed by atoms with E-state index in [1.807, 2.05) is 32.9 Å². The lowest BCUT2D eigenvalue weighted by molar-refractivity contribution is -0.135. The summed E-state index contributed by atoms with van der Waals surface area (Å²) in [7, 11) is 1.55. The van der Waals surface area contributed by atoms with Gasteiger partial charge in [0, 0.05) is 0 Å². The molecule has 0 radical (unpaired) electrons. The average Bonchev–Trinajstić information content (AvgIpc) is 3.04. The van der Waals surface area contributed by atoms with Crippen LogP contribution in [0.2, 0.25) is 0 Å². The molecule has 2 unspecified atom stereocenters. The van der Waals surface area contributed by atoms with Crippen LogP contribution in [0.15, 0.2) is 42.5 Å². The molecule has 2 aromatic carbocycles. The van der Waals surface area contributed by atoms with Crippen molar-refractivity contribution >= 4 is 17.8 Å². The molecule has 182 valence electrons. The van der Waals surface area contributed by atoms with E-state index in [0.717, 1.165) is 10.5 Å². The van der Waals surface area contributed by atoms with Crippen LogP contribution in [0.25, 0.3) is 0 Å². The zero-order chi connectivity index (χ0) is 24.9. The number of carbonyl (C=O) groups is 3. The molecule has 3 rings (SSSR count). The standard InChI is InChI=1S/C25H31N3O6/c1-6-33-20-13-8-17(14-21(20)34-7-2)16(3)26-22(29)15-28-23(30)25(4,27-24(28)31)18-9-11-19(32-5)12-10-18/h8-14,16H,6-7,15H2,1-5H3,(H,26,29)(H,27,31). The van der Waals surface area contributed by atoms with E-state index in [-0.39, 0.29) is 6.04 Å². The first-order valence-corrected chi connectivity index (χ1v) is 11.2. The Morgan fingerprint density at radius 3 is 2.32 bits per heavy atom. The van der Waals surface area contributed by atoms with Crippen LogP contribution in [0.3, 0.4) is 0 Å². The monoisotopic (exact) mass is 469 g/mol. The third-order valence-electron chi connectivity index (χ3n) is 5.69. The Hall–Kier alpha value is -3.75. The number of amides is 4. The highest BCUT2D eigenvalue weighted by molar-refractivity contribution is 6.09. The van der Waals surface area contributed by atoms with Crippen molar-refractivity contribution in [2.75, 3.05) is 26.9 Å². The summed E-state index contributed by atoms with van der Waals surface area (Å²) >= 11 is 0. The maximum atomic E-state index is 13.1. The molecule has 9 heteroatoms. The van der Waals surface area contributed by atoms with E-state index in [1.165, 1.54) is 0 Å². The number of benzene rings is 2. The summed E-state index contributed by atoms with van der Waals surface area (Å²) in [4.78, 5) is 39.3. The van der Waals surface area contributed by atoms with Gasteiger partial charge in [-0.1, -0.05) is 18.2 Å². The van der Waals surface area contributed by atoms with Crippen LogP contribution in [0.1, 0.15) is 44.9 Å². The van der Waals surface area contributed by atoms with Gasteiger partial charge in [0.1, 0.15) is 17.8 Å². The minimum Gasteiger partial charge on any atom is -0.497 e. The lowest BCUT2D eigenvalue weighted by Gasteiger charge is -2.23. The molecular formula is C25H31N3O6. The Kier molecular flexibility index (Phi) is 7.65. The second-order valence-corrected chi connectivity index (χ2v) is 8.04. The van der Waals surface area contributed by atoms with Gasteiger partial charge in [-0.2, -0.15) is 0 Å². The van der Waals surface area contributed by atoms with E-state index in [0.29, 0.717) is 36.0 Å². The van der Waals surface area contributed by atoms with Crippen molar-refractivity contribution in [3.05, 3.63) is 53.6 Å². The lowest BCUT2D eigenvalue weighted by Crippen LogP contribution is -2.43. The topological polar surface area (TPSA) is 106 Å². The molecule has 2 N–H and O–H groups in total. The highest BCUT2D eigenvalue weighted by atomic mass is 16.5. The predicted molar refractivity (Wildman–Crippen MR) is 126 cm³/mol. The third-order valence-corrected chi connectivity index (χ3v) is 5.69. The van der Waals surface area contributed by atoms with Crippen LogP contribution in [0, 0.1) is 0 Å². The summed E-state index contributed by atoms with van der Waals surface area (Å²) in [5, 5.41) is 5.54. The van der Waals surface area contributed by atoms with Crippen LogP contribution in [-0.2, 0) is 15.1 Å². The molecule has 0 spiro atoms. The van der Waals surface area contributed by atoms with Gasteiger partial charge in [0.15, 0.2) is 11.5 Å². The van der Waals surface area contributed by atoms with Crippen LogP contribution >= 0.6 is 0 Å². The van der Waals surface area contributed by atoms with Gasteiger partial charge in [0.2, 0.25) is 5.91 Å². The van der Waals surface area contributed by atoms with E-state index in [4.69, 9.17) is 14.2 Å². The highest BCUT2D eigenvalue weighted by Crippen LogP contribution is 2.32. The molecule has 2 aromatic rings. The first kappa shape index (κ1) is 24.9. The smallest absolute Gasteiger partial charge is 0.325 e. The van der Waals surface area contributed by atoms with Crippen molar-refractivity contribution < 1.29 is 28.6 Å². The minimum absolute atomic E-state index is 0.379. The van der Waals surface area contributed by atoms with Crippen LogP contribution < -0.4 is 24.8 Å². The van der Waals surface area contributed by atoms with Gasteiger partial charge in [-0.05, 0) is 63.1 Å². The molecular weight excluding hydrogens is 438 g/mol. The van der Waals surface area contributed by atoms with Crippen LogP contribution in [0.4, 0.5) is 4.79 Å². The zero-order valence-electron chi connectivity index (χ0n) is 20.1. The Morgan fingerprint density at radius 1 is 1.06 bits per heavy atom. The van der Waals surface area contributed by atoms with Gasteiger partial charge in [0.25, 0.3) is 5.91 Å². The molecule has 1 aliphatic rings. The fourth-order valence-electron chi connectivity index (χ4n) is 3.81. The Balaban J connectivity index is 1.69. The SMILES string of the molecule is CCOc1ccc(C(C)NC(=O)CN2C(=O)NC(C)(c3ccc(OC)cc3)C2=O)cc1OCC. The Morgan fingerprint density at radius 2 is 1.71 bits per heavy atom. The second-order valence-electron chi connectivity index (χ2n) is 8.04. The van der Waals surface area contributed by atoms with Gasteiger partial charge >= 0.3 is 6.03 Å². The molecule has 34 heavy (non-hydrogen) atoms. The van der Waals surface area contributed by atoms with Gasteiger partial charge < -0.3 is 24.8 Å². The molecule has 4 amide bonds. The van der Waals surface area contributed by atoms with E-state index in [1.54, 1.807) is 44.4 Å². The largest absolute Gasteiger partial charge is 0.497 e. The molecule has 0 aromatic heterocycles. The molecule has 1 aliphatic heterocycles. The molecule has 1 saturated heterocycles. The maximum absolute atomic E-state index is 13.1. The average molecular weight is 470 g/mol. The Labute approximate surface area is 199 Å². The van der Waals surface area contributed by atoms with Crippen molar-refractivity contribution in [3.63, 3.8) is 0 Å². The van der Waals surface area contributed by atoms with Crippen LogP contribution in [0.5, 0.6) is 17.2 Å². The maximum Gasteiger partial charge on any atom is 0.325 e. The number of carbonyl (C=O) groups excluding carboxylic acids is 3. The number of urea groups is 1. The number of imide groups is 1. The highest BCUT2D eigenvalue weighted by Gasteiger charge is 2.49. The van der Waals surface area contributed by atoms with E-state index >= 15 is 0 Å². The predicted octanol–water partition coefficient (Wildman–Crippen LogP) is 3.14. The van der Waals surface area contributed by atoms with Crippen molar-refractivity contribution in [1.29, 1.82) is 0 Å². The molecule has 0 aliphatic carbocycles. The van der Waals surface area contributed by atoms with Gasteiger partial charge in [-0.3, -0.25) is 14.5 Å². The third kappa shape index (κ3) is 5.08. The lowest BCUT2D eigenvalue weighted by atomic mass is 9.92. The number of rotatable bonds is 10. The summed E-state index contributed by atoms with van der Waals surface area (Å²) in [5.74, 6) is 0.902. The van der Waals surface area contributed by atoms with Crippen molar-refractivity contribution in [1.82, 2.24) is 15.5 Å². The zero-order valence-corrected chi connectivity index (χ0v) is 20.1. The second kappa shape index (κ2) is 10.5. The van der Waals surface area contributed by atoms with E-state index < -0.39 is 29.9 Å². The van der Waals surface area contributed by atoms with Crippen molar-refractivity contribution in [2.45, 2.75) is 39.3 Å². The first-order chi connectivity index (χ1) is 16.2. The van der Waals surface area contributed by atoms with E-state index in [2.05, 4.69) is 10.6 Å². The molecule has 1 fully saturated rings. The van der Waals surface area contributed by atoms with Crippen LogP contribution in [-0.4, -0.2) is 49.6 Å². The van der Waals surface area contributed by atoms with Gasteiger partial charge in [-0.25, -0.2) is 4.79 Å². The number of methoxy groups -OCH3 is 1. The summed E-state index contributed by atoms with van der Waals surface area (Å²) in [5.41, 5.74) is 0.137. The minimum atomic E-state index is -1.27. The fraction of sp³-hybridized carbons (Fsp3) is 0.400. The molecule has 2 atom stereocenters. The first-order valence-electron chi connectivity index (χ1n) is 11.2. The Bertz CT molecular complexity index is 1060. The normalized spacial score (nSPS) is 18.3. The summed E-state index contributed by atoms with van der Waals surface area (Å²) in [6.45, 7) is 7.79.